The molecule has 0 aliphatic carbocycles. The Morgan fingerprint density at radius 1 is 1.24 bits per heavy atom. The van der Waals surface area contributed by atoms with Crippen molar-refractivity contribution in [1.29, 1.82) is 0 Å². The second-order valence-electron chi connectivity index (χ2n) is 5.60. The smallest absolute Gasteiger partial charge is 0.270 e. The Morgan fingerprint density at radius 2 is 1.96 bits per heavy atom. The molecule has 25 heavy (non-hydrogen) atoms. The van der Waals surface area contributed by atoms with Gasteiger partial charge in [0, 0.05) is 44.2 Å². The molecule has 0 spiro atoms. The highest BCUT2D eigenvalue weighted by Gasteiger charge is 2.21. The minimum Gasteiger partial charge on any atom is -0.378 e. The minimum atomic E-state index is -0.497. The van der Waals surface area contributed by atoms with E-state index in [2.05, 4.69) is 10.3 Å². The lowest BCUT2D eigenvalue weighted by atomic mass is 10.1. The third-order valence-corrected chi connectivity index (χ3v) is 3.99. The number of ether oxygens (including phenoxy) is 1. The topological polar surface area (TPSA) is 97.6 Å². The maximum absolute atomic E-state index is 12.6. The van der Waals surface area contributed by atoms with Crippen LogP contribution in [0.4, 0.5) is 11.4 Å². The summed E-state index contributed by atoms with van der Waals surface area (Å²) in [7, 11) is 0. The first kappa shape index (κ1) is 16.8. The number of carbonyl (C=O) groups excluding carboxylic acids is 1. The average molecular weight is 342 g/mol. The van der Waals surface area contributed by atoms with Gasteiger partial charge >= 0.3 is 0 Å². The van der Waals surface area contributed by atoms with E-state index in [1.807, 2.05) is 4.90 Å². The number of anilines is 1. The Kier molecular flexibility index (Phi) is 5.20. The molecule has 1 aliphatic heterocycles. The number of amides is 1. The Hall–Kier alpha value is -3.00. The Bertz CT molecular complexity index is 760. The lowest BCUT2D eigenvalue weighted by molar-refractivity contribution is -0.384. The number of aromatic nitrogens is 1. The average Bonchev–Trinajstić information content (AvgIpc) is 2.67. The van der Waals surface area contributed by atoms with Crippen molar-refractivity contribution >= 4 is 17.3 Å². The molecule has 2 heterocycles. The first-order valence-corrected chi connectivity index (χ1v) is 7.93. The molecule has 0 bridgehead atoms. The maximum atomic E-state index is 12.6. The zero-order valence-corrected chi connectivity index (χ0v) is 13.6. The van der Waals surface area contributed by atoms with Gasteiger partial charge in [0.1, 0.15) is 0 Å². The van der Waals surface area contributed by atoms with Crippen LogP contribution in [0.1, 0.15) is 15.9 Å². The second-order valence-corrected chi connectivity index (χ2v) is 5.60. The van der Waals surface area contributed by atoms with Gasteiger partial charge in [-0.2, -0.15) is 0 Å². The number of rotatable bonds is 5. The van der Waals surface area contributed by atoms with E-state index in [9.17, 15) is 14.9 Å². The number of hydrogen-bond acceptors (Lipinski definition) is 6. The molecule has 8 heteroatoms. The lowest BCUT2D eigenvalue weighted by Crippen LogP contribution is -2.38. The van der Waals surface area contributed by atoms with Crippen LogP contribution in [0.2, 0.25) is 0 Å². The van der Waals surface area contributed by atoms with Crippen LogP contribution < -0.4 is 10.2 Å². The molecule has 3 rings (SSSR count). The van der Waals surface area contributed by atoms with E-state index in [0.29, 0.717) is 44.1 Å². The number of pyridine rings is 1. The predicted octanol–water partition coefficient (Wildman–Crippen LogP) is 1.76. The molecular weight excluding hydrogens is 324 g/mol. The van der Waals surface area contributed by atoms with E-state index in [4.69, 9.17) is 4.74 Å². The van der Waals surface area contributed by atoms with Gasteiger partial charge in [0.15, 0.2) is 0 Å². The lowest BCUT2D eigenvalue weighted by Gasteiger charge is -2.30. The fourth-order valence-electron chi connectivity index (χ4n) is 2.68. The number of carbonyl (C=O) groups is 1. The zero-order valence-electron chi connectivity index (χ0n) is 13.6. The molecule has 0 unspecified atom stereocenters. The molecular formula is C17H18N4O4. The van der Waals surface area contributed by atoms with E-state index in [1.165, 1.54) is 12.1 Å². The van der Waals surface area contributed by atoms with Crippen molar-refractivity contribution in [3.05, 3.63) is 64.0 Å². The number of nitrogens with zero attached hydrogens (tertiary/aromatic N) is 3. The van der Waals surface area contributed by atoms with Gasteiger partial charge in [0.2, 0.25) is 0 Å². The molecule has 1 fully saturated rings. The maximum Gasteiger partial charge on any atom is 0.270 e. The summed E-state index contributed by atoms with van der Waals surface area (Å²) in [6.45, 7) is 2.74. The van der Waals surface area contributed by atoms with E-state index < -0.39 is 4.92 Å². The summed E-state index contributed by atoms with van der Waals surface area (Å²) in [5.74, 6) is -0.345. The van der Waals surface area contributed by atoms with E-state index in [0.717, 1.165) is 5.56 Å². The van der Waals surface area contributed by atoms with Gasteiger partial charge in [-0.3, -0.25) is 19.9 Å². The summed E-state index contributed by atoms with van der Waals surface area (Å²) >= 11 is 0. The van der Waals surface area contributed by atoms with Crippen LogP contribution >= 0.6 is 0 Å². The molecule has 1 N–H and O–H groups in total. The van der Waals surface area contributed by atoms with Crippen molar-refractivity contribution in [1.82, 2.24) is 10.3 Å². The molecule has 1 aliphatic rings. The Labute approximate surface area is 144 Å². The van der Waals surface area contributed by atoms with Crippen LogP contribution in [0.3, 0.4) is 0 Å². The number of hydrogen-bond donors (Lipinski definition) is 1. The third-order valence-electron chi connectivity index (χ3n) is 3.99. The number of benzene rings is 1. The summed E-state index contributed by atoms with van der Waals surface area (Å²) in [6, 6.07) is 7.98. The quantitative estimate of drug-likeness (QED) is 0.657. The number of non-ortho nitro benzene ring substituents is 1. The molecule has 2 aromatic rings. The minimum absolute atomic E-state index is 0.105. The number of nitrogens with one attached hydrogen (secondary N) is 1. The van der Waals surface area contributed by atoms with Gasteiger partial charge in [-0.15, -0.1) is 0 Å². The summed E-state index contributed by atoms with van der Waals surface area (Å²) in [5.41, 5.74) is 1.78. The number of nitro groups is 1. The molecule has 0 saturated carbocycles. The fourth-order valence-corrected chi connectivity index (χ4v) is 2.68. The summed E-state index contributed by atoms with van der Waals surface area (Å²) in [6.07, 6.45) is 3.29. The normalized spacial score (nSPS) is 14.2. The van der Waals surface area contributed by atoms with Gasteiger partial charge < -0.3 is 15.0 Å². The summed E-state index contributed by atoms with van der Waals surface area (Å²) in [4.78, 5) is 29.2. The van der Waals surface area contributed by atoms with Gasteiger partial charge in [-0.1, -0.05) is 0 Å². The van der Waals surface area contributed by atoms with Crippen molar-refractivity contribution < 1.29 is 14.5 Å². The standard InChI is InChI=1S/C17H18N4O4/c22-17(19-12-13-3-5-18-6-4-13)15-11-14(21(23)24)1-2-16(15)20-7-9-25-10-8-20/h1-6,11H,7-10,12H2,(H,19,22). The molecule has 0 radical (unpaired) electrons. The van der Waals surface area contributed by atoms with Crippen molar-refractivity contribution in [2.24, 2.45) is 0 Å². The van der Waals surface area contributed by atoms with Crippen molar-refractivity contribution in [3.63, 3.8) is 0 Å². The molecule has 1 aromatic heterocycles. The molecule has 1 saturated heterocycles. The highest BCUT2D eigenvalue weighted by Crippen LogP contribution is 2.26. The van der Waals surface area contributed by atoms with Crippen molar-refractivity contribution in [2.45, 2.75) is 6.54 Å². The van der Waals surface area contributed by atoms with E-state index in [-0.39, 0.29) is 11.6 Å². The van der Waals surface area contributed by atoms with Gasteiger partial charge in [-0.05, 0) is 23.8 Å². The largest absolute Gasteiger partial charge is 0.378 e. The summed E-state index contributed by atoms with van der Waals surface area (Å²) in [5, 5.41) is 13.9. The second kappa shape index (κ2) is 7.71. The Morgan fingerprint density at radius 3 is 2.64 bits per heavy atom. The monoisotopic (exact) mass is 342 g/mol. The first-order valence-electron chi connectivity index (χ1n) is 7.93. The SMILES string of the molecule is O=C(NCc1ccncc1)c1cc([N+](=O)[O-])ccc1N1CCOCC1. The third kappa shape index (κ3) is 4.10. The first-order chi connectivity index (χ1) is 12.1. The molecule has 130 valence electrons. The van der Waals surface area contributed by atoms with Gasteiger partial charge in [-0.25, -0.2) is 0 Å². The zero-order chi connectivity index (χ0) is 17.6. The summed E-state index contributed by atoms with van der Waals surface area (Å²) < 4.78 is 5.33. The van der Waals surface area contributed by atoms with Crippen LogP contribution in [0.15, 0.2) is 42.7 Å². The van der Waals surface area contributed by atoms with E-state index in [1.54, 1.807) is 30.6 Å². The molecule has 1 amide bonds. The van der Waals surface area contributed by atoms with Crippen LogP contribution in [0, 0.1) is 10.1 Å². The van der Waals surface area contributed by atoms with Gasteiger partial charge in [0.25, 0.3) is 11.6 Å². The predicted molar refractivity (Wildman–Crippen MR) is 91.5 cm³/mol. The molecule has 1 aromatic carbocycles. The Balaban J connectivity index is 1.84. The van der Waals surface area contributed by atoms with Crippen molar-refractivity contribution in [2.75, 3.05) is 31.2 Å². The highest BCUT2D eigenvalue weighted by molar-refractivity contribution is 6.00. The fraction of sp³-hybridized carbons (Fsp3) is 0.294. The van der Waals surface area contributed by atoms with Crippen LogP contribution in [0.5, 0.6) is 0 Å². The molecule has 0 atom stereocenters. The highest BCUT2D eigenvalue weighted by atomic mass is 16.6. The number of morpholine rings is 1. The van der Waals surface area contributed by atoms with Crippen LogP contribution in [0.25, 0.3) is 0 Å². The van der Waals surface area contributed by atoms with Crippen LogP contribution in [-0.2, 0) is 11.3 Å². The van der Waals surface area contributed by atoms with Gasteiger partial charge in [0.05, 0.1) is 29.4 Å². The van der Waals surface area contributed by atoms with Crippen LogP contribution in [-0.4, -0.2) is 42.1 Å². The van der Waals surface area contributed by atoms with E-state index >= 15 is 0 Å². The van der Waals surface area contributed by atoms with Crippen molar-refractivity contribution in [3.8, 4) is 0 Å². The molecule has 8 nitrogen and oxygen atoms in total. The number of nitro benzene ring substituents is 1.